The smallest absolute Gasteiger partial charge is 0.352 e. The predicted octanol–water partition coefficient (Wildman–Crippen LogP) is 2.24. The first kappa shape index (κ1) is 18.3. The summed E-state index contributed by atoms with van der Waals surface area (Å²) in [7, 11) is 0. The lowest BCUT2D eigenvalue weighted by atomic mass is 9.75. The molecule has 0 aliphatic heterocycles. The summed E-state index contributed by atoms with van der Waals surface area (Å²) >= 11 is 0. The first-order chi connectivity index (χ1) is 11.1. The number of carbonyl (C=O) groups is 2. The molecule has 7 heteroatoms. The summed E-state index contributed by atoms with van der Waals surface area (Å²) < 4.78 is 28.0. The van der Waals surface area contributed by atoms with Crippen LogP contribution in [0.5, 0.6) is 0 Å². The predicted molar refractivity (Wildman–Crippen MR) is 85.8 cm³/mol. The Bertz CT molecular complexity index is 611. The highest BCUT2D eigenvalue weighted by Crippen LogP contribution is 2.44. The van der Waals surface area contributed by atoms with E-state index in [9.17, 15) is 23.5 Å². The van der Waals surface area contributed by atoms with E-state index in [1.807, 2.05) is 13.8 Å². The fourth-order valence-corrected chi connectivity index (χ4v) is 2.51. The summed E-state index contributed by atoms with van der Waals surface area (Å²) in [4.78, 5) is 23.4. The molecule has 0 spiro atoms. The Hall–Kier alpha value is -2.02. The number of nitrogens with one attached hydrogen (secondary N) is 2. The number of aliphatic hydroxyl groups is 1. The summed E-state index contributed by atoms with van der Waals surface area (Å²) in [5.74, 6) is -5.49. The van der Waals surface area contributed by atoms with Gasteiger partial charge in [0.25, 0.3) is 5.91 Å². The average Bonchev–Trinajstić information content (AvgIpc) is 2.45. The molecule has 24 heavy (non-hydrogen) atoms. The molecular weight excluding hydrogens is 318 g/mol. The maximum Gasteiger partial charge on any atom is 0.352 e. The molecule has 1 aromatic rings. The SMILES string of the molecule is CC(C)NC(=O)Cc1ccc(NC(=O)C(F)(F)C2(O)CCC2)cc1. The van der Waals surface area contributed by atoms with E-state index in [0.717, 1.165) is 0 Å². The van der Waals surface area contributed by atoms with Crippen molar-refractivity contribution in [3.63, 3.8) is 0 Å². The summed E-state index contributed by atoms with van der Waals surface area (Å²) in [6, 6.07) is 6.13. The van der Waals surface area contributed by atoms with E-state index < -0.39 is 17.4 Å². The third-order valence-electron chi connectivity index (χ3n) is 4.08. The van der Waals surface area contributed by atoms with Gasteiger partial charge in [0.2, 0.25) is 5.91 Å². The van der Waals surface area contributed by atoms with E-state index in [1.54, 1.807) is 12.1 Å². The maximum atomic E-state index is 14.0. The van der Waals surface area contributed by atoms with Crippen molar-refractivity contribution in [3.05, 3.63) is 29.8 Å². The number of alkyl halides is 2. The van der Waals surface area contributed by atoms with Gasteiger partial charge in [-0.3, -0.25) is 9.59 Å². The van der Waals surface area contributed by atoms with Gasteiger partial charge in [-0.2, -0.15) is 8.78 Å². The van der Waals surface area contributed by atoms with Crippen molar-refractivity contribution in [3.8, 4) is 0 Å². The van der Waals surface area contributed by atoms with Crippen molar-refractivity contribution in [2.75, 3.05) is 5.32 Å². The molecule has 0 saturated heterocycles. The van der Waals surface area contributed by atoms with E-state index >= 15 is 0 Å². The van der Waals surface area contributed by atoms with Crippen LogP contribution >= 0.6 is 0 Å². The number of amides is 2. The Kier molecular flexibility index (Phi) is 5.22. The molecule has 1 fully saturated rings. The van der Waals surface area contributed by atoms with Gasteiger partial charge in [0, 0.05) is 11.7 Å². The van der Waals surface area contributed by atoms with Crippen molar-refractivity contribution < 1.29 is 23.5 Å². The molecule has 0 bridgehead atoms. The highest BCUT2D eigenvalue weighted by atomic mass is 19.3. The van der Waals surface area contributed by atoms with Crippen molar-refractivity contribution in [1.82, 2.24) is 5.32 Å². The summed E-state index contributed by atoms with van der Waals surface area (Å²) in [5, 5.41) is 14.6. The number of hydrogen-bond acceptors (Lipinski definition) is 3. The number of benzene rings is 1. The number of hydrogen-bond donors (Lipinski definition) is 3. The molecule has 2 rings (SSSR count). The third kappa shape index (κ3) is 3.90. The highest BCUT2D eigenvalue weighted by Gasteiger charge is 2.61. The van der Waals surface area contributed by atoms with Crippen LogP contribution in [0.15, 0.2) is 24.3 Å². The molecule has 0 unspecified atom stereocenters. The number of anilines is 1. The molecule has 1 saturated carbocycles. The largest absolute Gasteiger partial charge is 0.383 e. The zero-order valence-corrected chi connectivity index (χ0v) is 13.7. The van der Waals surface area contributed by atoms with Gasteiger partial charge in [-0.05, 0) is 50.8 Å². The molecule has 0 radical (unpaired) electrons. The topological polar surface area (TPSA) is 78.4 Å². The lowest BCUT2D eigenvalue weighted by Crippen LogP contribution is -2.59. The van der Waals surface area contributed by atoms with Crippen LogP contribution in [0, 0.1) is 0 Å². The third-order valence-corrected chi connectivity index (χ3v) is 4.08. The number of halogens is 2. The van der Waals surface area contributed by atoms with Gasteiger partial charge in [-0.1, -0.05) is 12.1 Å². The van der Waals surface area contributed by atoms with Gasteiger partial charge in [0.15, 0.2) is 0 Å². The van der Waals surface area contributed by atoms with Gasteiger partial charge < -0.3 is 15.7 Å². The lowest BCUT2D eigenvalue weighted by Gasteiger charge is -2.41. The second kappa shape index (κ2) is 6.84. The lowest BCUT2D eigenvalue weighted by molar-refractivity contribution is -0.212. The van der Waals surface area contributed by atoms with E-state index in [2.05, 4.69) is 10.6 Å². The Labute approximate surface area is 139 Å². The first-order valence-corrected chi connectivity index (χ1v) is 7.94. The Morgan fingerprint density at radius 3 is 2.29 bits per heavy atom. The molecule has 0 heterocycles. The zero-order valence-electron chi connectivity index (χ0n) is 13.7. The maximum absolute atomic E-state index is 14.0. The second-order valence-electron chi connectivity index (χ2n) is 6.51. The fraction of sp³-hybridized carbons (Fsp3) is 0.529. The number of rotatable bonds is 6. The molecule has 1 aromatic carbocycles. The van der Waals surface area contributed by atoms with Gasteiger partial charge >= 0.3 is 5.92 Å². The zero-order chi connectivity index (χ0) is 18.0. The molecule has 1 aliphatic rings. The van der Waals surface area contributed by atoms with E-state index in [4.69, 9.17) is 0 Å². The molecule has 1 aliphatic carbocycles. The van der Waals surface area contributed by atoms with Crippen LogP contribution in [0.4, 0.5) is 14.5 Å². The second-order valence-corrected chi connectivity index (χ2v) is 6.51. The van der Waals surface area contributed by atoms with Crippen LogP contribution in [0.25, 0.3) is 0 Å². The molecule has 132 valence electrons. The van der Waals surface area contributed by atoms with Crippen LogP contribution in [0.1, 0.15) is 38.7 Å². The minimum atomic E-state index is -3.83. The van der Waals surface area contributed by atoms with Gasteiger partial charge in [0.1, 0.15) is 5.60 Å². The van der Waals surface area contributed by atoms with Crippen molar-refractivity contribution >= 4 is 17.5 Å². The Morgan fingerprint density at radius 2 is 1.83 bits per heavy atom. The van der Waals surface area contributed by atoms with E-state index in [-0.39, 0.29) is 36.9 Å². The highest BCUT2D eigenvalue weighted by molar-refractivity contribution is 5.97. The molecule has 2 amide bonds. The monoisotopic (exact) mass is 340 g/mol. The van der Waals surface area contributed by atoms with Crippen LogP contribution in [0.2, 0.25) is 0 Å². The van der Waals surface area contributed by atoms with Gasteiger partial charge in [0.05, 0.1) is 6.42 Å². The summed E-state index contributed by atoms with van der Waals surface area (Å²) in [5.41, 5.74) is -1.35. The normalized spacial score (nSPS) is 16.4. The van der Waals surface area contributed by atoms with Crippen LogP contribution < -0.4 is 10.6 Å². The van der Waals surface area contributed by atoms with Crippen molar-refractivity contribution in [1.29, 1.82) is 0 Å². The molecule has 5 nitrogen and oxygen atoms in total. The minimum absolute atomic E-state index is 0.0376. The molecule has 0 aromatic heterocycles. The van der Waals surface area contributed by atoms with Gasteiger partial charge in [-0.25, -0.2) is 0 Å². The van der Waals surface area contributed by atoms with Crippen LogP contribution in [-0.4, -0.2) is 34.5 Å². The van der Waals surface area contributed by atoms with Crippen molar-refractivity contribution in [2.24, 2.45) is 0 Å². The minimum Gasteiger partial charge on any atom is -0.383 e. The number of carbonyl (C=O) groups excluding carboxylic acids is 2. The molecule has 0 atom stereocenters. The van der Waals surface area contributed by atoms with Crippen LogP contribution in [-0.2, 0) is 16.0 Å². The first-order valence-electron chi connectivity index (χ1n) is 7.94. The Balaban J connectivity index is 1.96. The quantitative estimate of drug-likeness (QED) is 0.743. The standard InChI is InChI=1S/C17H22F2N2O3/c1-11(2)20-14(22)10-12-4-6-13(7-5-12)21-15(23)17(18,19)16(24)8-3-9-16/h4-7,11,24H,3,8-10H2,1-2H3,(H,20,22)(H,21,23). The van der Waals surface area contributed by atoms with E-state index in [0.29, 0.717) is 12.0 Å². The summed E-state index contributed by atoms with van der Waals surface area (Å²) in [6.45, 7) is 3.71. The molecule has 3 N–H and O–H groups in total. The van der Waals surface area contributed by atoms with Gasteiger partial charge in [-0.15, -0.1) is 0 Å². The van der Waals surface area contributed by atoms with Crippen molar-refractivity contribution in [2.45, 2.75) is 57.1 Å². The van der Waals surface area contributed by atoms with Crippen LogP contribution in [0.3, 0.4) is 0 Å². The summed E-state index contributed by atoms with van der Waals surface area (Å²) in [6.07, 6.45) is 0.476. The fourth-order valence-electron chi connectivity index (χ4n) is 2.51. The Morgan fingerprint density at radius 1 is 1.25 bits per heavy atom. The average molecular weight is 340 g/mol. The molecular formula is C17H22F2N2O3. The van der Waals surface area contributed by atoms with E-state index in [1.165, 1.54) is 12.1 Å².